The minimum Gasteiger partial charge on any atom is -0.434 e. The van der Waals surface area contributed by atoms with E-state index in [1.54, 1.807) is 36.4 Å². The van der Waals surface area contributed by atoms with Gasteiger partial charge in [0.25, 0.3) is 0 Å². The molecule has 9 heteroatoms. The van der Waals surface area contributed by atoms with Gasteiger partial charge in [0.1, 0.15) is 12.1 Å². The normalized spacial score (nSPS) is 10.8. The summed E-state index contributed by atoms with van der Waals surface area (Å²) in [5.41, 5.74) is 3.71. The molecular weight excluding hydrogens is 420 g/mol. The Balaban J connectivity index is 1.55. The van der Waals surface area contributed by atoms with Gasteiger partial charge in [-0.1, -0.05) is 24.3 Å². The molecule has 0 unspecified atom stereocenters. The molecule has 1 N–H and O–H groups in total. The Morgan fingerprint density at radius 1 is 0.879 bits per heavy atom. The van der Waals surface area contributed by atoms with E-state index in [-0.39, 0.29) is 17.4 Å². The molecule has 164 valence electrons. The molecule has 0 atom stereocenters. The van der Waals surface area contributed by atoms with Crippen LogP contribution in [0.4, 0.5) is 28.6 Å². The van der Waals surface area contributed by atoms with E-state index in [4.69, 9.17) is 4.74 Å². The smallest absolute Gasteiger partial charge is 0.373 e. The van der Waals surface area contributed by atoms with Crippen LogP contribution in [0.5, 0.6) is 11.6 Å². The molecule has 4 aromatic rings. The second kappa shape index (κ2) is 9.65. The topological polar surface area (TPSA) is 115 Å². The van der Waals surface area contributed by atoms with Crippen LogP contribution in [-0.4, -0.2) is 14.9 Å². The SMILES string of the molecule is Cc1ccc(Oc2ncnc(Nc3ccc(N=Nc4ccccc4)cc3)c2[N+](=O)[O-])cc1C. The molecular formula is C24H20N6O3. The molecule has 4 rings (SSSR count). The van der Waals surface area contributed by atoms with Crippen LogP contribution in [0.2, 0.25) is 0 Å². The quantitative estimate of drug-likeness (QED) is 0.189. The molecule has 3 aromatic carbocycles. The van der Waals surface area contributed by atoms with Crippen LogP contribution in [0.1, 0.15) is 11.1 Å². The van der Waals surface area contributed by atoms with E-state index in [2.05, 4.69) is 25.5 Å². The van der Waals surface area contributed by atoms with Crippen molar-refractivity contribution >= 4 is 28.6 Å². The second-order valence-corrected chi connectivity index (χ2v) is 7.19. The van der Waals surface area contributed by atoms with Crippen molar-refractivity contribution in [3.8, 4) is 11.6 Å². The standard InChI is InChI=1S/C24H20N6O3/c1-16-8-13-21(14-17(16)2)33-24-22(30(31)32)23(25-15-26-24)27-18-9-11-20(12-10-18)29-28-19-6-4-3-5-7-19/h3-15H,1-2H3,(H,25,26,27). The van der Waals surface area contributed by atoms with E-state index in [1.165, 1.54) is 6.33 Å². The summed E-state index contributed by atoms with van der Waals surface area (Å²) in [5.74, 6) is 0.334. The first kappa shape index (κ1) is 21.6. The largest absolute Gasteiger partial charge is 0.434 e. The summed E-state index contributed by atoms with van der Waals surface area (Å²) in [7, 11) is 0. The minimum absolute atomic E-state index is 0.0208. The van der Waals surface area contributed by atoms with Gasteiger partial charge in [-0.15, -0.1) is 0 Å². The molecule has 33 heavy (non-hydrogen) atoms. The van der Waals surface area contributed by atoms with Gasteiger partial charge in [-0.05, 0) is 73.5 Å². The van der Waals surface area contributed by atoms with E-state index in [0.717, 1.165) is 16.8 Å². The molecule has 0 bridgehead atoms. The molecule has 0 fully saturated rings. The fraction of sp³-hybridized carbons (Fsp3) is 0.0833. The molecule has 0 amide bonds. The van der Waals surface area contributed by atoms with E-state index in [9.17, 15) is 10.1 Å². The highest BCUT2D eigenvalue weighted by atomic mass is 16.6. The number of aromatic nitrogens is 2. The molecule has 0 aliphatic rings. The lowest BCUT2D eigenvalue weighted by molar-refractivity contribution is -0.385. The van der Waals surface area contributed by atoms with Crippen molar-refractivity contribution in [1.29, 1.82) is 0 Å². The maximum absolute atomic E-state index is 11.8. The van der Waals surface area contributed by atoms with Gasteiger partial charge >= 0.3 is 11.6 Å². The van der Waals surface area contributed by atoms with Crippen LogP contribution >= 0.6 is 0 Å². The number of azo groups is 1. The number of aryl methyl sites for hydroxylation is 2. The van der Waals surface area contributed by atoms with Crippen molar-refractivity contribution in [1.82, 2.24) is 9.97 Å². The zero-order chi connectivity index (χ0) is 23.2. The van der Waals surface area contributed by atoms with Gasteiger partial charge in [0, 0.05) is 5.69 Å². The molecule has 0 radical (unpaired) electrons. The fourth-order valence-electron chi connectivity index (χ4n) is 2.94. The molecule has 0 saturated carbocycles. The predicted octanol–water partition coefficient (Wildman–Crippen LogP) is 6.95. The number of hydrogen-bond acceptors (Lipinski definition) is 8. The number of hydrogen-bond donors (Lipinski definition) is 1. The van der Waals surface area contributed by atoms with Crippen LogP contribution in [0, 0.1) is 24.0 Å². The Kier molecular flexibility index (Phi) is 6.31. The number of anilines is 2. The number of rotatable bonds is 7. The summed E-state index contributed by atoms with van der Waals surface area (Å²) < 4.78 is 5.72. The zero-order valence-corrected chi connectivity index (χ0v) is 18.0. The second-order valence-electron chi connectivity index (χ2n) is 7.19. The van der Waals surface area contributed by atoms with Crippen LogP contribution in [0.15, 0.2) is 89.4 Å². The maximum Gasteiger partial charge on any atom is 0.373 e. The van der Waals surface area contributed by atoms with Crippen molar-refractivity contribution in [2.75, 3.05) is 5.32 Å². The predicted molar refractivity (Wildman–Crippen MR) is 125 cm³/mol. The lowest BCUT2D eigenvalue weighted by Gasteiger charge is -2.10. The van der Waals surface area contributed by atoms with Crippen molar-refractivity contribution in [3.05, 3.63) is 100 Å². The third-order valence-electron chi connectivity index (χ3n) is 4.83. The Morgan fingerprint density at radius 2 is 1.58 bits per heavy atom. The Labute approximate surface area is 190 Å². The lowest BCUT2D eigenvalue weighted by atomic mass is 10.1. The number of benzene rings is 3. The van der Waals surface area contributed by atoms with E-state index in [1.807, 2.05) is 50.2 Å². The molecule has 9 nitrogen and oxygen atoms in total. The van der Waals surface area contributed by atoms with Gasteiger partial charge in [-0.2, -0.15) is 15.2 Å². The van der Waals surface area contributed by atoms with Crippen molar-refractivity contribution in [2.45, 2.75) is 13.8 Å². The molecule has 0 spiro atoms. The van der Waals surface area contributed by atoms with Crippen LogP contribution in [-0.2, 0) is 0 Å². The van der Waals surface area contributed by atoms with Gasteiger partial charge < -0.3 is 10.1 Å². The number of ether oxygens (including phenoxy) is 1. The van der Waals surface area contributed by atoms with Gasteiger partial charge in [0.15, 0.2) is 0 Å². The highest BCUT2D eigenvalue weighted by Crippen LogP contribution is 2.36. The van der Waals surface area contributed by atoms with Gasteiger partial charge in [-0.25, -0.2) is 4.98 Å². The van der Waals surface area contributed by atoms with Gasteiger partial charge in [-0.3, -0.25) is 10.1 Å². The van der Waals surface area contributed by atoms with Gasteiger partial charge in [0.05, 0.1) is 16.3 Å². The summed E-state index contributed by atoms with van der Waals surface area (Å²) in [6.45, 7) is 3.91. The summed E-state index contributed by atoms with van der Waals surface area (Å²) >= 11 is 0. The summed E-state index contributed by atoms with van der Waals surface area (Å²) in [6.07, 6.45) is 1.22. The van der Waals surface area contributed by atoms with Crippen LogP contribution < -0.4 is 10.1 Å². The van der Waals surface area contributed by atoms with Crippen molar-refractivity contribution in [3.63, 3.8) is 0 Å². The Bertz CT molecular complexity index is 1310. The molecule has 0 aliphatic carbocycles. The Morgan fingerprint density at radius 3 is 2.24 bits per heavy atom. The number of nitrogens with one attached hydrogen (secondary N) is 1. The minimum atomic E-state index is -0.568. The van der Waals surface area contributed by atoms with Crippen molar-refractivity contribution < 1.29 is 9.66 Å². The molecule has 1 heterocycles. The summed E-state index contributed by atoms with van der Waals surface area (Å²) in [5, 5.41) is 23.1. The average molecular weight is 440 g/mol. The van der Waals surface area contributed by atoms with Crippen LogP contribution in [0.3, 0.4) is 0 Å². The van der Waals surface area contributed by atoms with E-state index in [0.29, 0.717) is 17.1 Å². The molecule has 0 saturated heterocycles. The Hall–Kier alpha value is -4.66. The van der Waals surface area contributed by atoms with Crippen LogP contribution in [0.25, 0.3) is 0 Å². The number of nitrogens with zero attached hydrogens (tertiary/aromatic N) is 5. The third-order valence-corrected chi connectivity index (χ3v) is 4.83. The van der Waals surface area contributed by atoms with E-state index >= 15 is 0 Å². The lowest BCUT2D eigenvalue weighted by Crippen LogP contribution is -2.03. The van der Waals surface area contributed by atoms with E-state index < -0.39 is 4.92 Å². The first-order valence-electron chi connectivity index (χ1n) is 10.1. The zero-order valence-electron chi connectivity index (χ0n) is 18.0. The molecule has 1 aromatic heterocycles. The molecule has 0 aliphatic heterocycles. The number of nitro groups is 1. The summed E-state index contributed by atoms with van der Waals surface area (Å²) in [6, 6.07) is 21.8. The monoisotopic (exact) mass is 440 g/mol. The summed E-state index contributed by atoms with van der Waals surface area (Å²) in [4.78, 5) is 19.2. The van der Waals surface area contributed by atoms with Gasteiger partial charge in [0.2, 0.25) is 5.82 Å². The average Bonchev–Trinajstić information content (AvgIpc) is 2.82. The maximum atomic E-state index is 11.8. The van der Waals surface area contributed by atoms with Crippen molar-refractivity contribution in [2.24, 2.45) is 10.2 Å². The fourth-order valence-corrected chi connectivity index (χ4v) is 2.94. The highest BCUT2D eigenvalue weighted by molar-refractivity contribution is 5.69. The first-order valence-corrected chi connectivity index (χ1v) is 10.1. The third kappa shape index (κ3) is 5.34. The highest BCUT2D eigenvalue weighted by Gasteiger charge is 2.25. The first-order chi connectivity index (χ1) is 16.0.